The third-order valence-corrected chi connectivity index (χ3v) is 4.47. The average molecular weight is 176 g/mol. The monoisotopic (exact) mass is 176 g/mol. The maximum Gasteiger partial charge on any atom is 0.136 e. The molecule has 3 rings (SSSR count). The maximum atomic E-state index is 11.8. The van der Waals surface area contributed by atoms with E-state index in [-0.39, 0.29) is 0 Å². The van der Waals surface area contributed by atoms with Crippen LogP contribution < -0.4 is 0 Å². The van der Waals surface area contributed by atoms with E-state index in [0.29, 0.717) is 23.5 Å². The minimum atomic E-state index is 0.407. The van der Waals surface area contributed by atoms with Gasteiger partial charge in [-0.25, -0.2) is 0 Å². The fraction of sp³-hybridized carbons (Fsp3) is 0.750. The number of carbonyl (C=O) groups excluding carboxylic acids is 1. The first-order valence-corrected chi connectivity index (χ1v) is 5.46. The molecule has 13 heavy (non-hydrogen) atoms. The van der Waals surface area contributed by atoms with E-state index in [1.807, 2.05) is 0 Å². The van der Waals surface area contributed by atoms with Crippen LogP contribution in [0.25, 0.3) is 0 Å². The van der Waals surface area contributed by atoms with Crippen LogP contribution in [0.15, 0.2) is 12.2 Å². The molecule has 0 radical (unpaired) electrons. The van der Waals surface area contributed by atoms with Crippen LogP contribution in [0.1, 0.15) is 26.2 Å². The summed E-state index contributed by atoms with van der Waals surface area (Å²) in [5.74, 6) is 3.91. The number of Topliss-reactive ketones (excluding diaryl/α,β-unsaturated/α-hetero) is 1. The number of carbonyl (C=O) groups is 1. The van der Waals surface area contributed by atoms with Crippen molar-refractivity contribution in [1.82, 2.24) is 0 Å². The fourth-order valence-electron chi connectivity index (χ4n) is 3.83. The molecule has 0 amide bonds. The molecule has 1 unspecified atom stereocenters. The Morgan fingerprint density at radius 3 is 3.08 bits per heavy atom. The smallest absolute Gasteiger partial charge is 0.136 e. The Morgan fingerprint density at radius 2 is 2.23 bits per heavy atom. The molecule has 1 nitrogen and oxygen atoms in total. The third-order valence-electron chi connectivity index (χ3n) is 4.47. The lowest BCUT2D eigenvalue weighted by atomic mass is 9.77. The van der Waals surface area contributed by atoms with Crippen molar-refractivity contribution in [2.45, 2.75) is 26.2 Å². The molecule has 0 saturated heterocycles. The molecule has 0 N–H and O–H groups in total. The van der Waals surface area contributed by atoms with Gasteiger partial charge in [0.15, 0.2) is 0 Å². The zero-order valence-corrected chi connectivity index (χ0v) is 8.07. The van der Waals surface area contributed by atoms with E-state index in [4.69, 9.17) is 0 Å². The Hall–Kier alpha value is -0.590. The number of ketones is 1. The van der Waals surface area contributed by atoms with Crippen molar-refractivity contribution < 1.29 is 4.79 Å². The van der Waals surface area contributed by atoms with Gasteiger partial charge in [-0.1, -0.05) is 19.1 Å². The van der Waals surface area contributed by atoms with Gasteiger partial charge in [-0.3, -0.25) is 4.79 Å². The summed E-state index contributed by atoms with van der Waals surface area (Å²) in [6.07, 6.45) is 7.89. The van der Waals surface area contributed by atoms with Gasteiger partial charge in [0.25, 0.3) is 0 Å². The average Bonchev–Trinajstić information content (AvgIpc) is 2.58. The highest BCUT2D eigenvalue weighted by Crippen LogP contribution is 2.54. The van der Waals surface area contributed by atoms with E-state index in [0.717, 1.165) is 18.3 Å². The highest BCUT2D eigenvalue weighted by atomic mass is 16.1. The molecule has 2 saturated carbocycles. The van der Waals surface area contributed by atoms with Crippen molar-refractivity contribution in [3.63, 3.8) is 0 Å². The van der Waals surface area contributed by atoms with Crippen molar-refractivity contribution in [2.24, 2.45) is 29.6 Å². The van der Waals surface area contributed by atoms with Crippen molar-refractivity contribution in [3.05, 3.63) is 12.2 Å². The first kappa shape index (κ1) is 7.78. The van der Waals surface area contributed by atoms with Crippen LogP contribution in [0.4, 0.5) is 0 Å². The van der Waals surface area contributed by atoms with Crippen LogP contribution in [0.2, 0.25) is 0 Å². The van der Waals surface area contributed by atoms with Gasteiger partial charge < -0.3 is 0 Å². The molecule has 2 bridgehead atoms. The van der Waals surface area contributed by atoms with Crippen LogP contribution in [-0.2, 0) is 4.79 Å². The summed E-state index contributed by atoms with van der Waals surface area (Å²) in [4.78, 5) is 11.8. The molecule has 5 atom stereocenters. The number of rotatable bonds is 0. The Morgan fingerprint density at radius 1 is 1.38 bits per heavy atom. The van der Waals surface area contributed by atoms with Crippen molar-refractivity contribution >= 4 is 5.78 Å². The topological polar surface area (TPSA) is 17.1 Å². The van der Waals surface area contributed by atoms with Gasteiger partial charge in [-0.05, 0) is 36.5 Å². The summed E-state index contributed by atoms with van der Waals surface area (Å²) in [5, 5.41) is 0. The normalized spacial score (nSPS) is 52.7. The van der Waals surface area contributed by atoms with Gasteiger partial charge >= 0.3 is 0 Å². The number of hydrogen-bond donors (Lipinski definition) is 0. The van der Waals surface area contributed by atoms with Gasteiger partial charge in [0.05, 0.1) is 0 Å². The molecule has 1 heteroatoms. The van der Waals surface area contributed by atoms with E-state index in [9.17, 15) is 4.79 Å². The first-order valence-electron chi connectivity index (χ1n) is 5.46. The van der Waals surface area contributed by atoms with E-state index >= 15 is 0 Å². The SMILES string of the molecule is CC1CC(=O)[C@H]2C[C@@H]1[C@@H]1CC=C[C@@H]12. The van der Waals surface area contributed by atoms with Gasteiger partial charge in [-0.15, -0.1) is 0 Å². The van der Waals surface area contributed by atoms with Gasteiger partial charge in [-0.2, -0.15) is 0 Å². The van der Waals surface area contributed by atoms with E-state index < -0.39 is 0 Å². The largest absolute Gasteiger partial charge is 0.299 e. The summed E-state index contributed by atoms with van der Waals surface area (Å²) in [7, 11) is 0. The van der Waals surface area contributed by atoms with Crippen molar-refractivity contribution in [1.29, 1.82) is 0 Å². The molecule has 0 aromatic rings. The highest BCUT2D eigenvalue weighted by molar-refractivity contribution is 5.83. The zero-order chi connectivity index (χ0) is 9.00. The predicted octanol–water partition coefficient (Wildman–Crippen LogP) is 2.42. The first-order chi connectivity index (χ1) is 6.27. The quantitative estimate of drug-likeness (QED) is 0.518. The summed E-state index contributed by atoms with van der Waals surface area (Å²) in [6, 6.07) is 0. The van der Waals surface area contributed by atoms with Crippen LogP contribution >= 0.6 is 0 Å². The van der Waals surface area contributed by atoms with Gasteiger partial charge in [0.1, 0.15) is 5.78 Å². The number of hydrogen-bond acceptors (Lipinski definition) is 1. The molecule has 70 valence electrons. The van der Waals surface area contributed by atoms with Crippen LogP contribution in [0.3, 0.4) is 0 Å². The van der Waals surface area contributed by atoms with E-state index in [2.05, 4.69) is 19.1 Å². The molecule has 2 fully saturated rings. The van der Waals surface area contributed by atoms with E-state index in [1.165, 1.54) is 12.8 Å². The fourth-order valence-corrected chi connectivity index (χ4v) is 3.83. The van der Waals surface area contributed by atoms with Crippen LogP contribution in [0, 0.1) is 29.6 Å². The van der Waals surface area contributed by atoms with Crippen LogP contribution in [0.5, 0.6) is 0 Å². The lowest BCUT2D eigenvalue weighted by Crippen LogP contribution is -2.25. The molecular formula is C12H16O. The second-order valence-corrected chi connectivity index (χ2v) is 5.06. The standard InChI is InChI=1S/C12H16O/c1-7-5-12(13)11-6-10(7)8-3-2-4-9(8)11/h2,4,7-11H,3,5-6H2,1H3/t7?,8-,9+,10+,11+/m1/s1. The van der Waals surface area contributed by atoms with E-state index in [1.54, 1.807) is 0 Å². The second-order valence-electron chi connectivity index (χ2n) is 5.06. The maximum absolute atomic E-state index is 11.8. The van der Waals surface area contributed by atoms with Crippen LogP contribution in [-0.4, -0.2) is 5.78 Å². The summed E-state index contributed by atoms with van der Waals surface area (Å²) >= 11 is 0. The molecular weight excluding hydrogens is 160 g/mol. The Kier molecular flexibility index (Phi) is 1.47. The zero-order valence-electron chi connectivity index (χ0n) is 8.07. The summed E-state index contributed by atoms with van der Waals surface area (Å²) in [5.41, 5.74) is 0. The number of allylic oxidation sites excluding steroid dienone is 2. The molecule has 0 heterocycles. The molecule has 3 aliphatic rings. The van der Waals surface area contributed by atoms with Gasteiger partial charge in [0.2, 0.25) is 0 Å². The molecule has 3 aliphatic carbocycles. The Balaban J connectivity index is 1.98. The van der Waals surface area contributed by atoms with Crippen molar-refractivity contribution in [3.8, 4) is 0 Å². The number of fused-ring (bicyclic) bond motifs is 5. The highest BCUT2D eigenvalue weighted by Gasteiger charge is 2.51. The Labute approximate surface area is 79.2 Å². The lowest BCUT2D eigenvalue weighted by Gasteiger charge is -2.26. The van der Waals surface area contributed by atoms with Crippen molar-refractivity contribution in [2.75, 3.05) is 0 Å². The summed E-state index contributed by atoms with van der Waals surface area (Å²) in [6.45, 7) is 2.26. The predicted molar refractivity (Wildman–Crippen MR) is 51.1 cm³/mol. The summed E-state index contributed by atoms with van der Waals surface area (Å²) < 4.78 is 0. The van der Waals surface area contributed by atoms with Gasteiger partial charge in [0, 0.05) is 12.3 Å². The molecule has 0 aliphatic heterocycles. The molecule has 0 aromatic carbocycles. The minimum Gasteiger partial charge on any atom is -0.299 e. The second kappa shape index (κ2) is 2.46. The third kappa shape index (κ3) is 0.905. The molecule has 0 spiro atoms. The minimum absolute atomic E-state index is 0.407. The lowest BCUT2D eigenvalue weighted by molar-refractivity contribution is -0.125. The Bertz CT molecular complexity index is 279. The molecule has 0 aromatic heterocycles.